The fraction of sp³-hybridized carbons (Fsp3) is 0.133. The summed E-state index contributed by atoms with van der Waals surface area (Å²) >= 11 is 3.12. The van der Waals surface area contributed by atoms with E-state index in [0.29, 0.717) is 6.42 Å². The van der Waals surface area contributed by atoms with E-state index in [4.69, 9.17) is 9.84 Å². The van der Waals surface area contributed by atoms with Crippen LogP contribution in [0.15, 0.2) is 54.6 Å². The van der Waals surface area contributed by atoms with E-state index < -0.39 is 10.8 Å². The molecule has 0 saturated heterocycles. The summed E-state index contributed by atoms with van der Waals surface area (Å²) in [5.74, 6) is 0.653. The molecule has 0 heterocycles. The van der Waals surface area contributed by atoms with E-state index in [1.165, 1.54) is 0 Å². The number of hydrogen-bond donors (Lipinski definition) is 1. The summed E-state index contributed by atoms with van der Waals surface area (Å²) in [5, 5.41) is 8.82. The highest BCUT2D eigenvalue weighted by Crippen LogP contribution is 2.22. The zero-order valence-electron chi connectivity index (χ0n) is 10.1. The van der Waals surface area contributed by atoms with Gasteiger partial charge < -0.3 is 9.84 Å². The van der Waals surface area contributed by atoms with Crippen molar-refractivity contribution in [2.45, 2.75) is 11.2 Å². The van der Waals surface area contributed by atoms with Crippen LogP contribution >= 0.6 is 15.9 Å². The lowest BCUT2D eigenvalue weighted by Crippen LogP contribution is -2.15. The first-order chi connectivity index (χ1) is 9.15. The van der Waals surface area contributed by atoms with Crippen molar-refractivity contribution in [2.24, 2.45) is 0 Å². The maximum absolute atomic E-state index is 10.7. The molecule has 0 saturated carbocycles. The van der Waals surface area contributed by atoms with Gasteiger partial charge in [-0.2, -0.15) is 0 Å². The van der Waals surface area contributed by atoms with Gasteiger partial charge in [-0.3, -0.25) is 4.79 Å². The molecule has 1 atom stereocenters. The molecule has 0 aromatic heterocycles. The largest absolute Gasteiger partial charge is 0.480 e. The third kappa shape index (κ3) is 4.10. The Morgan fingerprint density at radius 3 is 2.21 bits per heavy atom. The average Bonchev–Trinajstić information content (AvgIpc) is 2.42. The van der Waals surface area contributed by atoms with Crippen molar-refractivity contribution in [1.82, 2.24) is 0 Å². The Morgan fingerprint density at radius 2 is 1.63 bits per heavy atom. The van der Waals surface area contributed by atoms with Gasteiger partial charge in [0.15, 0.2) is 0 Å². The van der Waals surface area contributed by atoms with E-state index in [0.717, 1.165) is 17.1 Å². The molecule has 1 N–H and O–H groups in total. The topological polar surface area (TPSA) is 46.5 Å². The Morgan fingerprint density at radius 1 is 1.05 bits per heavy atom. The van der Waals surface area contributed by atoms with Gasteiger partial charge in [-0.1, -0.05) is 46.3 Å². The minimum atomic E-state index is -0.857. The lowest BCUT2D eigenvalue weighted by atomic mass is 10.1. The Labute approximate surface area is 120 Å². The molecule has 3 nitrogen and oxygen atoms in total. The highest BCUT2D eigenvalue weighted by molar-refractivity contribution is 9.10. The lowest BCUT2D eigenvalue weighted by molar-refractivity contribution is -0.136. The second-order valence-corrected chi connectivity index (χ2v) is 5.17. The summed E-state index contributed by atoms with van der Waals surface area (Å²) in [7, 11) is 0. The number of rotatable bonds is 5. The van der Waals surface area contributed by atoms with Gasteiger partial charge in [0.1, 0.15) is 16.3 Å². The predicted molar refractivity (Wildman–Crippen MR) is 77.0 cm³/mol. The number of hydrogen-bond acceptors (Lipinski definition) is 2. The molecule has 2 aromatic carbocycles. The number of benzene rings is 2. The van der Waals surface area contributed by atoms with Gasteiger partial charge in [-0.05, 0) is 36.2 Å². The molecule has 0 fully saturated rings. The molecule has 98 valence electrons. The first-order valence-electron chi connectivity index (χ1n) is 5.84. The summed E-state index contributed by atoms with van der Waals surface area (Å²) in [6.07, 6.45) is 0.445. The fourth-order valence-corrected chi connectivity index (χ4v) is 1.99. The molecule has 0 spiro atoms. The van der Waals surface area contributed by atoms with Crippen molar-refractivity contribution in [2.75, 3.05) is 0 Å². The standard InChI is InChI=1S/C15H13BrO3/c16-14(15(17)18)10-11-6-8-13(9-7-11)19-12-4-2-1-3-5-12/h1-9,14H,10H2,(H,17,18)/t14-/m0/s1. The normalized spacial score (nSPS) is 11.8. The van der Waals surface area contributed by atoms with E-state index in [-0.39, 0.29) is 0 Å². The third-order valence-corrected chi connectivity index (χ3v) is 3.30. The minimum absolute atomic E-state index is 0.445. The smallest absolute Gasteiger partial charge is 0.317 e. The molecule has 0 radical (unpaired) electrons. The van der Waals surface area contributed by atoms with Crippen molar-refractivity contribution in [3.8, 4) is 11.5 Å². The van der Waals surface area contributed by atoms with Crippen LogP contribution in [0, 0.1) is 0 Å². The fourth-order valence-electron chi connectivity index (χ4n) is 1.61. The lowest BCUT2D eigenvalue weighted by Gasteiger charge is -2.08. The number of carboxylic acids is 1. The van der Waals surface area contributed by atoms with Crippen molar-refractivity contribution in [1.29, 1.82) is 0 Å². The quantitative estimate of drug-likeness (QED) is 0.851. The number of ether oxygens (including phenoxy) is 1. The van der Waals surface area contributed by atoms with Gasteiger partial charge in [-0.15, -0.1) is 0 Å². The van der Waals surface area contributed by atoms with E-state index in [9.17, 15) is 4.79 Å². The van der Waals surface area contributed by atoms with Crippen LogP contribution in [0.3, 0.4) is 0 Å². The van der Waals surface area contributed by atoms with Crippen molar-refractivity contribution < 1.29 is 14.6 Å². The number of alkyl halides is 1. The average molecular weight is 321 g/mol. The van der Waals surface area contributed by atoms with Gasteiger partial charge in [0.05, 0.1) is 0 Å². The molecule has 0 aliphatic carbocycles. The van der Waals surface area contributed by atoms with Crippen LogP contribution in [0.2, 0.25) is 0 Å². The monoisotopic (exact) mass is 320 g/mol. The number of para-hydroxylation sites is 1. The Bertz CT molecular complexity index is 537. The second kappa shape index (κ2) is 6.38. The third-order valence-electron chi connectivity index (χ3n) is 2.59. The molecule has 4 heteroatoms. The molecular weight excluding hydrogens is 308 g/mol. The molecular formula is C15H13BrO3. The minimum Gasteiger partial charge on any atom is -0.480 e. The van der Waals surface area contributed by atoms with Crippen LogP contribution in [0.5, 0.6) is 11.5 Å². The molecule has 0 amide bonds. The zero-order chi connectivity index (χ0) is 13.7. The predicted octanol–water partition coefficient (Wildman–Crippen LogP) is 3.87. The van der Waals surface area contributed by atoms with Crippen LogP contribution in [0.4, 0.5) is 0 Å². The van der Waals surface area contributed by atoms with E-state index >= 15 is 0 Å². The maximum Gasteiger partial charge on any atom is 0.317 e. The SMILES string of the molecule is O=C(O)[C@@H](Br)Cc1ccc(Oc2ccccc2)cc1. The number of halogens is 1. The molecule has 2 rings (SSSR count). The van der Waals surface area contributed by atoms with Gasteiger partial charge >= 0.3 is 5.97 Å². The molecule has 0 unspecified atom stereocenters. The van der Waals surface area contributed by atoms with E-state index in [1.54, 1.807) is 0 Å². The van der Waals surface area contributed by atoms with Crippen molar-refractivity contribution in [3.05, 3.63) is 60.2 Å². The summed E-state index contributed by atoms with van der Waals surface area (Å²) in [4.78, 5) is 10.2. The van der Waals surface area contributed by atoms with Crippen LogP contribution in [0.25, 0.3) is 0 Å². The van der Waals surface area contributed by atoms with Crippen LogP contribution in [-0.2, 0) is 11.2 Å². The summed E-state index contributed by atoms with van der Waals surface area (Å²) < 4.78 is 5.66. The van der Waals surface area contributed by atoms with Crippen LogP contribution in [0.1, 0.15) is 5.56 Å². The first kappa shape index (κ1) is 13.6. The second-order valence-electron chi connectivity index (χ2n) is 4.07. The number of aliphatic carboxylic acids is 1. The van der Waals surface area contributed by atoms with E-state index in [2.05, 4.69) is 15.9 Å². The van der Waals surface area contributed by atoms with Crippen molar-refractivity contribution in [3.63, 3.8) is 0 Å². The van der Waals surface area contributed by atoms with Crippen molar-refractivity contribution >= 4 is 21.9 Å². The van der Waals surface area contributed by atoms with Gasteiger partial charge in [0.2, 0.25) is 0 Å². The van der Waals surface area contributed by atoms with Crippen LogP contribution in [-0.4, -0.2) is 15.9 Å². The number of carbonyl (C=O) groups is 1. The van der Waals surface area contributed by atoms with Gasteiger partial charge in [0.25, 0.3) is 0 Å². The Hall–Kier alpha value is -1.81. The van der Waals surface area contributed by atoms with Gasteiger partial charge in [-0.25, -0.2) is 0 Å². The molecule has 0 aliphatic rings. The zero-order valence-corrected chi connectivity index (χ0v) is 11.7. The highest BCUT2D eigenvalue weighted by Gasteiger charge is 2.13. The van der Waals surface area contributed by atoms with Gasteiger partial charge in [0, 0.05) is 0 Å². The maximum atomic E-state index is 10.7. The number of carboxylic acid groups (broad SMARTS) is 1. The molecule has 0 bridgehead atoms. The summed E-state index contributed by atoms with van der Waals surface area (Å²) in [6.45, 7) is 0. The highest BCUT2D eigenvalue weighted by atomic mass is 79.9. The summed E-state index contributed by atoms with van der Waals surface area (Å²) in [5.41, 5.74) is 0.949. The summed E-state index contributed by atoms with van der Waals surface area (Å²) in [6, 6.07) is 16.9. The molecule has 2 aromatic rings. The Balaban J connectivity index is 2.01. The first-order valence-corrected chi connectivity index (χ1v) is 6.75. The van der Waals surface area contributed by atoms with Crippen LogP contribution < -0.4 is 4.74 Å². The Kier molecular flexibility index (Phi) is 4.58. The van der Waals surface area contributed by atoms with E-state index in [1.807, 2.05) is 54.6 Å². The molecule has 0 aliphatic heterocycles. The molecule has 19 heavy (non-hydrogen) atoms.